The number of carbonyl (C=O) groups is 1. The van der Waals surface area contributed by atoms with Gasteiger partial charge in [0.05, 0.1) is 24.1 Å². The number of carboxylic acid groups (broad SMARTS) is 1. The molecule has 0 aliphatic carbocycles. The molecule has 0 fully saturated rings. The Bertz CT molecular complexity index is 1130. The maximum absolute atomic E-state index is 13.1. The Hall–Kier alpha value is -3.52. The van der Waals surface area contributed by atoms with Crippen LogP contribution in [0.15, 0.2) is 83.0 Å². The van der Waals surface area contributed by atoms with Crippen molar-refractivity contribution in [2.24, 2.45) is 0 Å². The minimum Gasteiger partial charge on any atom is -0.487 e. The molecule has 0 bridgehead atoms. The van der Waals surface area contributed by atoms with Crippen LogP contribution in [0.5, 0.6) is 5.75 Å². The van der Waals surface area contributed by atoms with E-state index in [1.807, 2.05) is 6.92 Å². The van der Waals surface area contributed by atoms with Crippen molar-refractivity contribution in [3.63, 3.8) is 0 Å². The maximum atomic E-state index is 13.1. The minimum absolute atomic E-state index is 0.0236. The van der Waals surface area contributed by atoms with E-state index in [1.54, 1.807) is 30.3 Å². The fourth-order valence-corrected chi connectivity index (χ4v) is 4.17. The van der Waals surface area contributed by atoms with Crippen molar-refractivity contribution in [2.45, 2.75) is 18.6 Å². The van der Waals surface area contributed by atoms with E-state index < -0.39 is 16.0 Å². The Morgan fingerprint density at radius 1 is 1.20 bits per heavy atom. The van der Waals surface area contributed by atoms with Crippen molar-refractivity contribution in [1.82, 2.24) is 0 Å². The average Bonchev–Trinajstić information content (AvgIpc) is 3.27. The van der Waals surface area contributed by atoms with E-state index in [-0.39, 0.29) is 23.8 Å². The van der Waals surface area contributed by atoms with Gasteiger partial charge >= 0.3 is 5.97 Å². The summed E-state index contributed by atoms with van der Waals surface area (Å²) in [5.41, 5.74) is 2.16. The third-order valence-corrected chi connectivity index (χ3v) is 5.98. The van der Waals surface area contributed by atoms with Gasteiger partial charge in [-0.3, -0.25) is 4.31 Å². The Labute approximate surface area is 174 Å². The second kappa shape index (κ2) is 8.87. The first-order chi connectivity index (χ1) is 14.3. The maximum Gasteiger partial charge on any atom is 0.335 e. The number of sulfonamides is 1. The second-order valence-corrected chi connectivity index (χ2v) is 8.31. The number of hydrogen-bond acceptors (Lipinski definition) is 5. The first kappa shape index (κ1) is 21.2. The smallest absolute Gasteiger partial charge is 0.335 e. The van der Waals surface area contributed by atoms with Crippen molar-refractivity contribution in [3.8, 4) is 5.75 Å². The Morgan fingerprint density at radius 3 is 2.53 bits per heavy atom. The van der Waals surface area contributed by atoms with E-state index in [1.165, 1.54) is 40.9 Å². The van der Waals surface area contributed by atoms with E-state index >= 15 is 0 Å². The molecule has 156 valence electrons. The molecule has 1 N–H and O–H groups in total. The highest BCUT2D eigenvalue weighted by Gasteiger charge is 2.29. The van der Waals surface area contributed by atoms with Gasteiger partial charge in [-0.2, -0.15) is 8.42 Å². The molecular weight excluding hydrogens is 406 g/mol. The molecule has 3 rings (SSSR count). The third kappa shape index (κ3) is 4.55. The molecule has 2 aromatic carbocycles. The zero-order chi connectivity index (χ0) is 21.7. The summed E-state index contributed by atoms with van der Waals surface area (Å²) in [6, 6.07) is 14.4. The average molecular weight is 427 g/mol. The molecule has 0 spiro atoms. The Kier molecular flexibility index (Phi) is 6.27. The van der Waals surface area contributed by atoms with E-state index in [4.69, 9.17) is 14.3 Å². The van der Waals surface area contributed by atoms with Gasteiger partial charge < -0.3 is 14.3 Å². The van der Waals surface area contributed by atoms with Crippen molar-refractivity contribution in [1.29, 1.82) is 0 Å². The van der Waals surface area contributed by atoms with Gasteiger partial charge in [0.15, 0.2) is 0 Å². The lowest BCUT2D eigenvalue weighted by Crippen LogP contribution is -2.31. The number of hydrogen-bond donors (Lipinski definition) is 1. The van der Waals surface area contributed by atoms with Gasteiger partial charge in [-0.15, -0.1) is 6.58 Å². The van der Waals surface area contributed by atoms with Crippen molar-refractivity contribution in [2.75, 3.05) is 10.8 Å². The van der Waals surface area contributed by atoms with E-state index in [0.717, 1.165) is 11.1 Å². The number of rotatable bonds is 9. The summed E-state index contributed by atoms with van der Waals surface area (Å²) >= 11 is 0. The summed E-state index contributed by atoms with van der Waals surface area (Å²) in [5, 5.41) is 8.83. The van der Waals surface area contributed by atoms with Crippen LogP contribution in [0.25, 0.3) is 0 Å². The molecule has 0 radical (unpaired) electrons. The first-order valence-corrected chi connectivity index (χ1v) is 10.5. The lowest BCUT2D eigenvalue weighted by molar-refractivity contribution is 0.0697. The predicted octanol–water partition coefficient (Wildman–Crippen LogP) is 4.25. The largest absolute Gasteiger partial charge is 0.487 e. The van der Waals surface area contributed by atoms with Gasteiger partial charge in [0, 0.05) is 0 Å². The quantitative estimate of drug-likeness (QED) is 0.513. The van der Waals surface area contributed by atoms with E-state index in [2.05, 4.69) is 6.58 Å². The van der Waals surface area contributed by atoms with Gasteiger partial charge in [0.25, 0.3) is 10.0 Å². The summed E-state index contributed by atoms with van der Waals surface area (Å²) in [6.45, 7) is 5.69. The second-order valence-electron chi connectivity index (χ2n) is 6.52. The zero-order valence-electron chi connectivity index (χ0n) is 16.3. The molecule has 0 aliphatic heterocycles. The highest BCUT2D eigenvalue weighted by molar-refractivity contribution is 7.92. The molecule has 0 saturated carbocycles. The monoisotopic (exact) mass is 427 g/mol. The molecule has 0 amide bonds. The lowest BCUT2D eigenvalue weighted by atomic mass is 10.1. The van der Waals surface area contributed by atoms with E-state index in [9.17, 15) is 13.2 Å². The van der Waals surface area contributed by atoms with Crippen LogP contribution in [0.4, 0.5) is 5.69 Å². The Balaban J connectivity index is 1.93. The number of carboxylic acids is 1. The number of benzene rings is 2. The standard InChI is InChI=1S/C22H21NO6S/c1-3-12-23(30(26,27)21-5-4-13-28-21)19-11-6-16(2)14-20(19)29-15-17-7-9-18(10-8-17)22(24)25/h3-11,13-14H,1,12,15H2,2H3,(H,24,25). The van der Waals surface area contributed by atoms with Crippen LogP contribution in [0.3, 0.4) is 0 Å². The van der Waals surface area contributed by atoms with Gasteiger partial charge in [0.2, 0.25) is 5.09 Å². The molecule has 0 atom stereocenters. The van der Waals surface area contributed by atoms with Crippen LogP contribution < -0.4 is 9.04 Å². The number of ether oxygens (including phenoxy) is 1. The SMILES string of the molecule is C=CCN(c1ccc(C)cc1OCc1ccc(C(=O)O)cc1)S(=O)(=O)c1ccco1. The molecule has 0 unspecified atom stereocenters. The van der Waals surface area contributed by atoms with Crippen molar-refractivity contribution >= 4 is 21.7 Å². The lowest BCUT2D eigenvalue weighted by Gasteiger charge is -2.24. The summed E-state index contributed by atoms with van der Waals surface area (Å²) in [4.78, 5) is 11.0. The first-order valence-electron chi connectivity index (χ1n) is 9.06. The number of aromatic carboxylic acids is 1. The van der Waals surface area contributed by atoms with Crippen LogP contribution in [0, 0.1) is 6.92 Å². The molecule has 0 saturated heterocycles. The summed E-state index contributed by atoms with van der Waals surface area (Å²) < 4.78 is 38.4. The van der Waals surface area contributed by atoms with Gasteiger partial charge in [0.1, 0.15) is 12.4 Å². The van der Waals surface area contributed by atoms with Crippen LogP contribution in [0.2, 0.25) is 0 Å². The summed E-state index contributed by atoms with van der Waals surface area (Å²) in [6.07, 6.45) is 2.78. The number of nitrogens with zero attached hydrogens (tertiary/aromatic N) is 1. The van der Waals surface area contributed by atoms with Crippen LogP contribution in [-0.2, 0) is 16.6 Å². The molecule has 1 aromatic heterocycles. The number of aryl methyl sites for hydroxylation is 1. The molecule has 8 heteroatoms. The van der Waals surface area contributed by atoms with Crippen LogP contribution >= 0.6 is 0 Å². The normalized spacial score (nSPS) is 11.1. The van der Waals surface area contributed by atoms with E-state index in [0.29, 0.717) is 11.4 Å². The molecule has 0 aliphatic rings. The highest BCUT2D eigenvalue weighted by Crippen LogP contribution is 2.34. The number of furan rings is 1. The van der Waals surface area contributed by atoms with Gasteiger partial charge in [-0.1, -0.05) is 24.3 Å². The fraction of sp³-hybridized carbons (Fsp3) is 0.136. The summed E-state index contributed by atoms with van der Waals surface area (Å²) in [5.74, 6) is -0.638. The highest BCUT2D eigenvalue weighted by atomic mass is 32.2. The molecule has 3 aromatic rings. The minimum atomic E-state index is -3.96. The predicted molar refractivity (Wildman–Crippen MR) is 112 cm³/mol. The van der Waals surface area contributed by atoms with Gasteiger partial charge in [-0.05, 0) is 54.4 Å². The van der Waals surface area contributed by atoms with Crippen LogP contribution in [-0.4, -0.2) is 26.0 Å². The number of anilines is 1. The van der Waals surface area contributed by atoms with Crippen molar-refractivity contribution < 1.29 is 27.5 Å². The molecule has 7 nitrogen and oxygen atoms in total. The fourth-order valence-electron chi connectivity index (χ4n) is 2.81. The topological polar surface area (TPSA) is 97.0 Å². The molecular formula is C22H21NO6S. The Morgan fingerprint density at radius 2 is 1.93 bits per heavy atom. The zero-order valence-corrected chi connectivity index (χ0v) is 17.1. The van der Waals surface area contributed by atoms with Crippen LogP contribution in [0.1, 0.15) is 21.5 Å². The molecule has 30 heavy (non-hydrogen) atoms. The van der Waals surface area contributed by atoms with Crippen molar-refractivity contribution in [3.05, 3.63) is 90.2 Å². The van der Waals surface area contributed by atoms with Gasteiger partial charge in [-0.25, -0.2) is 4.79 Å². The molecule has 1 heterocycles. The third-order valence-electron chi connectivity index (χ3n) is 4.31. The summed E-state index contributed by atoms with van der Waals surface area (Å²) in [7, 11) is -3.96.